The Morgan fingerprint density at radius 3 is 2.59 bits per heavy atom. The van der Waals surface area contributed by atoms with Gasteiger partial charge < -0.3 is 9.80 Å². The maximum absolute atomic E-state index is 13.5. The largest absolute Gasteiger partial charge is 0.368 e. The number of halogens is 1. The van der Waals surface area contributed by atoms with Crippen LogP contribution in [0.25, 0.3) is 11.0 Å². The third kappa shape index (κ3) is 3.35. The van der Waals surface area contributed by atoms with E-state index in [1.807, 2.05) is 43.1 Å². The summed E-state index contributed by atoms with van der Waals surface area (Å²) < 4.78 is 1.80. The quantitative estimate of drug-likeness (QED) is 0.660. The van der Waals surface area contributed by atoms with Gasteiger partial charge in [-0.1, -0.05) is 17.7 Å². The molecule has 2 fully saturated rings. The van der Waals surface area contributed by atoms with E-state index in [4.69, 9.17) is 16.6 Å². The van der Waals surface area contributed by atoms with Crippen molar-refractivity contribution in [2.45, 2.75) is 25.7 Å². The van der Waals surface area contributed by atoms with Crippen LogP contribution in [0, 0.1) is 6.92 Å². The monoisotopic (exact) mass is 409 g/mol. The lowest BCUT2D eigenvalue weighted by Crippen LogP contribution is -2.48. The fraction of sp³-hybridized carbons (Fsp3) is 0.409. The van der Waals surface area contributed by atoms with Crippen LogP contribution in [0.3, 0.4) is 0 Å². The van der Waals surface area contributed by atoms with Crippen molar-refractivity contribution in [1.82, 2.24) is 19.7 Å². The Hall–Kier alpha value is -2.60. The third-order valence-corrected chi connectivity index (χ3v) is 6.19. The Labute approximate surface area is 175 Å². The lowest BCUT2D eigenvalue weighted by Gasteiger charge is -2.36. The summed E-state index contributed by atoms with van der Waals surface area (Å²) in [5.74, 6) is 0.571. The van der Waals surface area contributed by atoms with Gasteiger partial charge in [-0.3, -0.25) is 9.48 Å². The number of hydrogen-bond donors (Lipinski definition) is 0. The van der Waals surface area contributed by atoms with Gasteiger partial charge in [-0.05, 0) is 44.0 Å². The van der Waals surface area contributed by atoms with Crippen molar-refractivity contribution < 1.29 is 4.79 Å². The molecular weight excluding hydrogens is 386 g/mol. The van der Waals surface area contributed by atoms with Crippen molar-refractivity contribution in [3.63, 3.8) is 0 Å². The molecule has 2 aromatic heterocycles. The molecule has 0 bridgehead atoms. The number of benzene rings is 1. The number of nitrogens with zero attached hydrogens (tertiary/aromatic N) is 5. The molecule has 1 aliphatic heterocycles. The molecule has 1 saturated carbocycles. The van der Waals surface area contributed by atoms with Gasteiger partial charge in [-0.25, -0.2) is 4.98 Å². The standard InChI is InChI=1S/C22H24ClN5O/c1-14-20-18(13-19(15-6-7-15)24-21(20)26(2)25-14)22(29)28-10-8-27(9-11-28)17-5-3-4-16(23)12-17/h3-5,12-13,15H,6-11H2,1-2H3. The van der Waals surface area contributed by atoms with Gasteiger partial charge in [-0.15, -0.1) is 0 Å². The maximum Gasteiger partial charge on any atom is 0.254 e. The van der Waals surface area contributed by atoms with Crippen molar-refractivity contribution >= 4 is 34.2 Å². The fourth-order valence-electron chi connectivity index (χ4n) is 4.23. The van der Waals surface area contributed by atoms with E-state index in [0.717, 1.165) is 64.6 Å². The summed E-state index contributed by atoms with van der Waals surface area (Å²) in [7, 11) is 1.90. The molecule has 1 aromatic carbocycles. The van der Waals surface area contributed by atoms with E-state index in [1.54, 1.807) is 4.68 Å². The molecule has 1 saturated heterocycles. The smallest absolute Gasteiger partial charge is 0.254 e. The van der Waals surface area contributed by atoms with Gasteiger partial charge in [0.1, 0.15) is 0 Å². The summed E-state index contributed by atoms with van der Waals surface area (Å²) in [6, 6.07) is 9.91. The van der Waals surface area contributed by atoms with Crippen LogP contribution in [0.15, 0.2) is 30.3 Å². The van der Waals surface area contributed by atoms with Crippen molar-refractivity contribution in [3.05, 3.63) is 52.3 Å². The van der Waals surface area contributed by atoms with E-state index in [2.05, 4.69) is 16.1 Å². The van der Waals surface area contributed by atoms with Crippen LogP contribution in [-0.2, 0) is 7.05 Å². The van der Waals surface area contributed by atoms with E-state index in [0.29, 0.717) is 19.0 Å². The first-order valence-corrected chi connectivity index (χ1v) is 10.5. The Morgan fingerprint density at radius 2 is 1.90 bits per heavy atom. The average Bonchev–Trinajstić information content (AvgIpc) is 3.53. The predicted molar refractivity (Wildman–Crippen MR) is 115 cm³/mol. The number of amides is 1. The van der Waals surface area contributed by atoms with Crippen molar-refractivity contribution in [3.8, 4) is 0 Å². The van der Waals surface area contributed by atoms with Crippen LogP contribution in [0.2, 0.25) is 5.02 Å². The Kier molecular flexibility index (Phi) is 4.46. The topological polar surface area (TPSA) is 54.3 Å². The lowest BCUT2D eigenvalue weighted by molar-refractivity contribution is 0.0748. The van der Waals surface area contributed by atoms with Crippen LogP contribution < -0.4 is 4.90 Å². The molecule has 3 heterocycles. The van der Waals surface area contributed by atoms with E-state index in [-0.39, 0.29) is 5.91 Å². The van der Waals surface area contributed by atoms with E-state index in [1.165, 1.54) is 0 Å². The zero-order valence-corrected chi connectivity index (χ0v) is 17.5. The van der Waals surface area contributed by atoms with Gasteiger partial charge in [0.2, 0.25) is 0 Å². The highest BCUT2D eigenvalue weighted by molar-refractivity contribution is 6.30. The highest BCUT2D eigenvalue weighted by Crippen LogP contribution is 2.40. The number of pyridine rings is 1. The number of aromatic nitrogens is 3. The van der Waals surface area contributed by atoms with Gasteiger partial charge in [-0.2, -0.15) is 5.10 Å². The zero-order valence-electron chi connectivity index (χ0n) is 16.7. The van der Waals surface area contributed by atoms with Crippen LogP contribution in [0.5, 0.6) is 0 Å². The minimum Gasteiger partial charge on any atom is -0.368 e. The first kappa shape index (κ1) is 18.4. The SMILES string of the molecule is Cc1nn(C)c2nc(C3CC3)cc(C(=O)N3CCN(c4cccc(Cl)c4)CC3)c12. The molecule has 5 rings (SSSR count). The molecule has 150 valence electrons. The van der Waals surface area contributed by atoms with Gasteiger partial charge in [0.15, 0.2) is 5.65 Å². The van der Waals surface area contributed by atoms with Crippen LogP contribution in [0.4, 0.5) is 5.69 Å². The normalized spacial score (nSPS) is 17.2. The molecular formula is C22H24ClN5O. The first-order valence-electron chi connectivity index (χ1n) is 10.2. The van der Waals surface area contributed by atoms with Crippen molar-refractivity contribution in [2.75, 3.05) is 31.1 Å². The van der Waals surface area contributed by atoms with Crippen LogP contribution in [0.1, 0.15) is 40.5 Å². The third-order valence-electron chi connectivity index (χ3n) is 5.95. The number of carbonyl (C=O) groups is 1. The Morgan fingerprint density at radius 1 is 1.14 bits per heavy atom. The Bertz CT molecular complexity index is 1100. The Balaban J connectivity index is 1.42. The number of anilines is 1. The molecule has 6 nitrogen and oxygen atoms in total. The maximum atomic E-state index is 13.5. The lowest BCUT2D eigenvalue weighted by atomic mass is 10.1. The second-order valence-corrected chi connectivity index (χ2v) is 8.47. The second kappa shape index (κ2) is 7.02. The van der Waals surface area contributed by atoms with Gasteiger partial charge in [0.05, 0.1) is 16.6 Å². The number of fused-ring (bicyclic) bond motifs is 1. The fourth-order valence-corrected chi connectivity index (χ4v) is 4.42. The van der Waals surface area contributed by atoms with Crippen LogP contribution in [-0.4, -0.2) is 51.8 Å². The summed E-state index contributed by atoms with van der Waals surface area (Å²) in [4.78, 5) is 22.5. The molecule has 0 atom stereocenters. The summed E-state index contributed by atoms with van der Waals surface area (Å²) >= 11 is 6.14. The highest BCUT2D eigenvalue weighted by Gasteiger charge is 2.30. The zero-order chi connectivity index (χ0) is 20.1. The summed E-state index contributed by atoms with van der Waals surface area (Å²) in [6.45, 7) is 4.92. The van der Waals surface area contributed by atoms with Crippen molar-refractivity contribution in [2.24, 2.45) is 7.05 Å². The molecule has 0 radical (unpaired) electrons. The molecule has 0 spiro atoms. The number of rotatable bonds is 3. The van der Waals surface area contributed by atoms with E-state index >= 15 is 0 Å². The van der Waals surface area contributed by atoms with Gasteiger partial charge in [0, 0.05) is 55.5 Å². The molecule has 3 aromatic rings. The van der Waals surface area contributed by atoms with E-state index in [9.17, 15) is 4.79 Å². The molecule has 1 amide bonds. The molecule has 0 N–H and O–H groups in total. The summed E-state index contributed by atoms with van der Waals surface area (Å²) in [5.41, 5.74) is 4.56. The molecule has 29 heavy (non-hydrogen) atoms. The summed E-state index contributed by atoms with van der Waals surface area (Å²) in [5, 5.41) is 6.15. The minimum absolute atomic E-state index is 0.0844. The van der Waals surface area contributed by atoms with E-state index < -0.39 is 0 Å². The van der Waals surface area contributed by atoms with Crippen molar-refractivity contribution in [1.29, 1.82) is 0 Å². The molecule has 1 aliphatic carbocycles. The summed E-state index contributed by atoms with van der Waals surface area (Å²) in [6.07, 6.45) is 2.31. The number of hydrogen-bond acceptors (Lipinski definition) is 4. The number of carbonyl (C=O) groups excluding carboxylic acids is 1. The highest BCUT2D eigenvalue weighted by atomic mass is 35.5. The predicted octanol–water partition coefficient (Wildman–Crippen LogP) is 3.77. The van der Waals surface area contributed by atoms with Gasteiger partial charge in [0.25, 0.3) is 5.91 Å². The average molecular weight is 410 g/mol. The second-order valence-electron chi connectivity index (χ2n) is 8.04. The van der Waals surface area contributed by atoms with Crippen LogP contribution >= 0.6 is 11.6 Å². The number of aryl methyl sites for hydroxylation is 2. The number of piperazine rings is 1. The molecule has 0 unspecified atom stereocenters. The first-order chi connectivity index (χ1) is 14.0. The molecule has 7 heteroatoms. The minimum atomic E-state index is 0.0844. The van der Waals surface area contributed by atoms with Gasteiger partial charge >= 0.3 is 0 Å². The molecule has 2 aliphatic rings.